The summed E-state index contributed by atoms with van der Waals surface area (Å²) in [4.78, 5) is 34.1. The molecule has 0 bridgehead atoms. The maximum Gasteiger partial charge on any atom is 0.322 e. The Kier molecular flexibility index (Phi) is 7.18. The molecular weight excluding hydrogens is 352 g/mol. The van der Waals surface area contributed by atoms with Gasteiger partial charge in [0.15, 0.2) is 6.61 Å². The fourth-order valence-electron chi connectivity index (χ4n) is 2.11. The Balaban J connectivity index is 1.81. The number of aliphatic carboxylic acids is 1. The first-order valence-corrected chi connectivity index (χ1v) is 8.23. The first kappa shape index (κ1) is 19.8. The normalized spacial score (nSPS) is 9.96. The van der Waals surface area contributed by atoms with Crippen molar-refractivity contribution in [3.05, 3.63) is 54.1 Å². The zero-order chi connectivity index (χ0) is 19.6. The van der Waals surface area contributed by atoms with E-state index in [9.17, 15) is 14.4 Å². The van der Waals surface area contributed by atoms with Gasteiger partial charge in [-0.25, -0.2) is 0 Å². The second-order valence-electron chi connectivity index (χ2n) is 5.40. The van der Waals surface area contributed by atoms with Gasteiger partial charge in [-0.1, -0.05) is 0 Å². The van der Waals surface area contributed by atoms with E-state index >= 15 is 0 Å². The fraction of sp³-hybridized carbons (Fsp3) is 0.211. The van der Waals surface area contributed by atoms with Crippen LogP contribution >= 0.6 is 0 Å². The number of benzene rings is 2. The lowest BCUT2D eigenvalue weighted by molar-refractivity contribution is -0.135. The number of carbonyl (C=O) groups excluding carboxylic acids is 2. The molecule has 2 amide bonds. The molecule has 142 valence electrons. The van der Waals surface area contributed by atoms with Crippen LogP contribution in [0.1, 0.15) is 17.3 Å². The van der Waals surface area contributed by atoms with Gasteiger partial charge in [-0.3, -0.25) is 14.4 Å². The Hall–Kier alpha value is -3.55. The van der Waals surface area contributed by atoms with Crippen LogP contribution in [0.3, 0.4) is 0 Å². The monoisotopic (exact) mass is 372 g/mol. The Bertz CT molecular complexity index is 787. The van der Waals surface area contributed by atoms with Crippen LogP contribution < -0.4 is 20.1 Å². The van der Waals surface area contributed by atoms with Gasteiger partial charge in [0.25, 0.3) is 11.8 Å². The van der Waals surface area contributed by atoms with Crippen molar-refractivity contribution in [2.45, 2.75) is 6.92 Å². The van der Waals surface area contributed by atoms with E-state index in [0.717, 1.165) is 5.75 Å². The van der Waals surface area contributed by atoms with Crippen molar-refractivity contribution in [2.24, 2.45) is 0 Å². The number of hydrogen-bond donors (Lipinski definition) is 3. The second kappa shape index (κ2) is 9.81. The summed E-state index contributed by atoms with van der Waals surface area (Å²) < 4.78 is 10.7. The molecule has 2 rings (SSSR count). The average Bonchev–Trinajstić information content (AvgIpc) is 2.66. The minimum absolute atomic E-state index is 0.172. The highest BCUT2D eigenvalue weighted by Gasteiger charge is 2.08. The number of ether oxygens (including phenoxy) is 2. The van der Waals surface area contributed by atoms with Crippen LogP contribution in [-0.4, -0.2) is 42.6 Å². The Labute approximate surface area is 156 Å². The molecule has 3 N–H and O–H groups in total. The van der Waals surface area contributed by atoms with E-state index in [2.05, 4.69) is 10.6 Å². The maximum atomic E-state index is 11.9. The summed E-state index contributed by atoms with van der Waals surface area (Å²) in [7, 11) is 0. The van der Waals surface area contributed by atoms with E-state index in [1.165, 1.54) is 12.1 Å². The standard InChI is InChI=1S/C19H20N2O6/c1-2-26-15-7-9-16(10-8-15)27-12-17(22)21-14-5-3-13(4-6-14)19(25)20-11-18(23)24/h3-10H,2,11-12H2,1H3,(H,20,25)(H,21,22)(H,23,24). The molecule has 0 radical (unpaired) electrons. The predicted molar refractivity (Wildman–Crippen MR) is 98.1 cm³/mol. The third kappa shape index (κ3) is 6.69. The smallest absolute Gasteiger partial charge is 0.322 e. The minimum atomic E-state index is -1.13. The molecule has 2 aromatic carbocycles. The van der Waals surface area contributed by atoms with Crippen LogP contribution in [0, 0.1) is 0 Å². The van der Waals surface area contributed by atoms with Crippen molar-refractivity contribution < 1.29 is 29.0 Å². The lowest BCUT2D eigenvalue weighted by atomic mass is 10.2. The molecule has 0 saturated heterocycles. The molecule has 8 nitrogen and oxygen atoms in total. The zero-order valence-electron chi connectivity index (χ0n) is 14.7. The fourth-order valence-corrected chi connectivity index (χ4v) is 2.11. The van der Waals surface area contributed by atoms with Crippen molar-refractivity contribution in [2.75, 3.05) is 25.1 Å². The summed E-state index contributed by atoms with van der Waals surface area (Å²) in [6.45, 7) is 1.83. The number of rotatable bonds is 9. The lowest BCUT2D eigenvalue weighted by Gasteiger charge is -2.09. The molecule has 2 aromatic rings. The molecule has 0 atom stereocenters. The molecule has 0 aliphatic heterocycles. The number of carbonyl (C=O) groups is 3. The first-order chi connectivity index (χ1) is 13.0. The van der Waals surface area contributed by atoms with Crippen LogP contribution in [0.15, 0.2) is 48.5 Å². The number of carboxylic acids is 1. The predicted octanol–water partition coefficient (Wildman–Crippen LogP) is 1.92. The zero-order valence-corrected chi connectivity index (χ0v) is 14.7. The number of carboxylic acid groups (broad SMARTS) is 1. The number of anilines is 1. The Morgan fingerprint density at radius 3 is 2.07 bits per heavy atom. The molecule has 0 unspecified atom stereocenters. The summed E-state index contributed by atoms with van der Waals surface area (Å²) in [5, 5.41) is 13.4. The number of amides is 2. The van der Waals surface area contributed by atoms with Crippen LogP contribution in [0.4, 0.5) is 5.69 Å². The molecule has 0 aliphatic carbocycles. The molecule has 0 aromatic heterocycles. The molecule has 27 heavy (non-hydrogen) atoms. The number of hydrogen-bond acceptors (Lipinski definition) is 5. The van der Waals surface area contributed by atoms with Crippen LogP contribution in [0.25, 0.3) is 0 Å². The van der Waals surface area contributed by atoms with Crippen molar-refractivity contribution in [3.63, 3.8) is 0 Å². The minimum Gasteiger partial charge on any atom is -0.494 e. The quantitative estimate of drug-likeness (QED) is 0.620. The third-order valence-electron chi connectivity index (χ3n) is 3.34. The molecule has 0 aliphatic rings. The van der Waals surface area contributed by atoms with E-state index in [0.29, 0.717) is 23.6 Å². The second-order valence-corrected chi connectivity index (χ2v) is 5.40. The van der Waals surface area contributed by atoms with Gasteiger partial charge in [-0.15, -0.1) is 0 Å². The molecule has 0 spiro atoms. The van der Waals surface area contributed by atoms with Gasteiger partial charge in [0, 0.05) is 11.3 Å². The van der Waals surface area contributed by atoms with E-state index in [-0.39, 0.29) is 12.5 Å². The van der Waals surface area contributed by atoms with Gasteiger partial charge in [0.2, 0.25) is 0 Å². The van der Waals surface area contributed by atoms with Gasteiger partial charge < -0.3 is 25.2 Å². The molecule has 8 heteroatoms. The topological polar surface area (TPSA) is 114 Å². The van der Waals surface area contributed by atoms with Gasteiger partial charge >= 0.3 is 5.97 Å². The lowest BCUT2D eigenvalue weighted by Crippen LogP contribution is -2.29. The summed E-state index contributed by atoms with van der Waals surface area (Å²) in [5.74, 6) is -0.721. The highest BCUT2D eigenvalue weighted by atomic mass is 16.5. The highest BCUT2D eigenvalue weighted by Crippen LogP contribution is 2.17. The SMILES string of the molecule is CCOc1ccc(OCC(=O)Nc2ccc(C(=O)NCC(=O)O)cc2)cc1. The highest BCUT2D eigenvalue weighted by molar-refractivity contribution is 5.97. The van der Waals surface area contributed by atoms with Crippen LogP contribution in [0.5, 0.6) is 11.5 Å². The van der Waals surface area contributed by atoms with Crippen molar-refractivity contribution in [1.82, 2.24) is 5.32 Å². The van der Waals surface area contributed by atoms with Gasteiger partial charge in [-0.2, -0.15) is 0 Å². The van der Waals surface area contributed by atoms with E-state index in [1.807, 2.05) is 6.92 Å². The van der Waals surface area contributed by atoms with Crippen molar-refractivity contribution >= 4 is 23.5 Å². The number of nitrogens with one attached hydrogen (secondary N) is 2. The van der Waals surface area contributed by atoms with E-state index in [4.69, 9.17) is 14.6 Å². The van der Waals surface area contributed by atoms with Gasteiger partial charge in [0.1, 0.15) is 18.0 Å². The molecule has 0 fully saturated rings. The van der Waals surface area contributed by atoms with E-state index in [1.54, 1.807) is 36.4 Å². The summed E-state index contributed by atoms with van der Waals surface area (Å²) >= 11 is 0. The molecular formula is C19H20N2O6. The molecule has 0 saturated carbocycles. The Morgan fingerprint density at radius 1 is 0.926 bits per heavy atom. The van der Waals surface area contributed by atoms with Crippen molar-refractivity contribution in [3.8, 4) is 11.5 Å². The maximum absolute atomic E-state index is 11.9. The van der Waals surface area contributed by atoms with Crippen molar-refractivity contribution in [1.29, 1.82) is 0 Å². The summed E-state index contributed by atoms with van der Waals surface area (Å²) in [5.41, 5.74) is 0.782. The summed E-state index contributed by atoms with van der Waals surface area (Å²) in [6.07, 6.45) is 0. The largest absolute Gasteiger partial charge is 0.494 e. The molecule has 0 heterocycles. The van der Waals surface area contributed by atoms with Crippen LogP contribution in [0.2, 0.25) is 0 Å². The Morgan fingerprint density at radius 2 is 1.52 bits per heavy atom. The third-order valence-corrected chi connectivity index (χ3v) is 3.34. The van der Waals surface area contributed by atoms with Crippen LogP contribution in [-0.2, 0) is 9.59 Å². The summed E-state index contributed by atoms with van der Waals surface area (Å²) in [6, 6.07) is 13.0. The van der Waals surface area contributed by atoms with Gasteiger partial charge in [0.05, 0.1) is 6.61 Å². The van der Waals surface area contributed by atoms with Gasteiger partial charge in [-0.05, 0) is 55.5 Å². The first-order valence-electron chi connectivity index (χ1n) is 8.23. The van der Waals surface area contributed by atoms with E-state index < -0.39 is 18.4 Å². The average molecular weight is 372 g/mol.